The number of imidazole rings is 1. The molecule has 2 aliphatic rings. The van der Waals surface area contributed by atoms with Crippen molar-refractivity contribution >= 4 is 34.7 Å². The Labute approximate surface area is 200 Å². The highest BCUT2D eigenvalue weighted by atomic mass is 19.1. The predicted octanol–water partition coefficient (Wildman–Crippen LogP) is 4.29. The molecule has 9 nitrogen and oxygen atoms in total. The summed E-state index contributed by atoms with van der Waals surface area (Å²) in [6.07, 6.45) is 7.24. The second-order valence-corrected chi connectivity index (χ2v) is 9.69. The Kier molecular flexibility index (Phi) is 5.75. The summed E-state index contributed by atoms with van der Waals surface area (Å²) in [6.45, 7) is 1.86. The van der Waals surface area contributed by atoms with Gasteiger partial charge in [0, 0.05) is 17.5 Å². The van der Waals surface area contributed by atoms with Crippen LogP contribution in [-0.2, 0) is 4.79 Å². The number of benzene rings is 1. The molecule has 2 fully saturated rings. The first-order chi connectivity index (χ1) is 16.8. The van der Waals surface area contributed by atoms with E-state index in [0.29, 0.717) is 48.8 Å². The number of rotatable bonds is 6. The molecule has 0 aliphatic heterocycles. The molecule has 11 heteroatoms. The third-order valence-corrected chi connectivity index (χ3v) is 7.30. The molecule has 2 aromatic heterocycles. The summed E-state index contributed by atoms with van der Waals surface area (Å²) >= 11 is 0. The fourth-order valence-corrected chi connectivity index (χ4v) is 4.74. The SMILES string of the molecule is C[C@]1(C(N)=O)CC[C@@H](n2c(Nc3c(F)cc(C#N)cc3F)nc3cnc(NC4CCC4)nc32)CC1. The minimum Gasteiger partial charge on any atom is -0.369 e. The summed E-state index contributed by atoms with van der Waals surface area (Å²) in [4.78, 5) is 25.6. The number of carbonyl (C=O) groups is 1. The first-order valence-electron chi connectivity index (χ1n) is 11.7. The molecule has 3 aromatic rings. The Morgan fingerprint density at radius 3 is 2.46 bits per heavy atom. The molecule has 0 saturated heterocycles. The van der Waals surface area contributed by atoms with Crippen LogP contribution in [0, 0.1) is 28.4 Å². The number of nitrogens with one attached hydrogen (secondary N) is 2. The molecule has 182 valence electrons. The summed E-state index contributed by atoms with van der Waals surface area (Å²) in [5.41, 5.74) is 5.52. The number of aromatic nitrogens is 4. The molecule has 0 bridgehead atoms. The van der Waals surface area contributed by atoms with Gasteiger partial charge in [-0.3, -0.25) is 9.36 Å². The maximum atomic E-state index is 14.7. The van der Waals surface area contributed by atoms with Gasteiger partial charge in [0.25, 0.3) is 0 Å². The quantitative estimate of drug-likeness (QED) is 0.479. The highest BCUT2D eigenvalue weighted by Gasteiger charge is 2.38. The number of amides is 1. The van der Waals surface area contributed by atoms with Crippen molar-refractivity contribution in [2.75, 3.05) is 10.6 Å². The largest absolute Gasteiger partial charge is 0.369 e. The topological polar surface area (TPSA) is 135 Å². The van der Waals surface area contributed by atoms with E-state index in [-0.39, 0.29) is 23.5 Å². The van der Waals surface area contributed by atoms with Crippen LogP contribution in [0.25, 0.3) is 11.2 Å². The van der Waals surface area contributed by atoms with E-state index in [0.717, 1.165) is 31.4 Å². The van der Waals surface area contributed by atoms with Crippen molar-refractivity contribution in [1.29, 1.82) is 5.26 Å². The molecule has 0 atom stereocenters. The Morgan fingerprint density at radius 1 is 1.20 bits per heavy atom. The van der Waals surface area contributed by atoms with Crippen molar-refractivity contribution in [2.45, 2.75) is 64.0 Å². The maximum absolute atomic E-state index is 14.7. The average Bonchev–Trinajstić information content (AvgIpc) is 3.16. The van der Waals surface area contributed by atoms with Gasteiger partial charge in [0.15, 0.2) is 17.3 Å². The number of halogens is 2. The highest BCUT2D eigenvalue weighted by molar-refractivity contribution is 5.80. The third-order valence-electron chi connectivity index (χ3n) is 7.30. The molecule has 0 unspecified atom stereocenters. The van der Waals surface area contributed by atoms with Crippen LogP contribution in [0.5, 0.6) is 0 Å². The van der Waals surface area contributed by atoms with E-state index in [1.807, 2.05) is 11.5 Å². The molecule has 35 heavy (non-hydrogen) atoms. The van der Waals surface area contributed by atoms with Crippen molar-refractivity contribution in [3.05, 3.63) is 35.5 Å². The number of nitriles is 1. The maximum Gasteiger partial charge on any atom is 0.224 e. The van der Waals surface area contributed by atoms with Gasteiger partial charge in [-0.1, -0.05) is 6.92 Å². The summed E-state index contributed by atoms with van der Waals surface area (Å²) in [5.74, 6) is -1.44. The number of hydrogen-bond donors (Lipinski definition) is 3. The van der Waals surface area contributed by atoms with Crippen molar-refractivity contribution in [3.63, 3.8) is 0 Å². The molecule has 1 amide bonds. The molecule has 2 heterocycles. The van der Waals surface area contributed by atoms with Crippen molar-refractivity contribution < 1.29 is 13.6 Å². The standard InChI is InChI=1S/C24H26F2N8O/c1-24(21(28)35)7-5-15(6-8-24)34-20-18(12-29-22(33-20)30-14-3-2-4-14)31-23(34)32-19-16(25)9-13(11-27)10-17(19)26/h9-10,12,14-15H,2-8H2,1H3,(H2,28,35)(H,31,32)(H,29,30,33)/t15-,24+. The van der Waals surface area contributed by atoms with Gasteiger partial charge in [0.1, 0.15) is 11.2 Å². The number of nitrogens with two attached hydrogens (primary N) is 1. The van der Waals surface area contributed by atoms with Crippen LogP contribution < -0.4 is 16.4 Å². The zero-order chi connectivity index (χ0) is 24.7. The van der Waals surface area contributed by atoms with Gasteiger partial charge in [-0.15, -0.1) is 0 Å². The molecular weight excluding hydrogens is 454 g/mol. The first kappa shape index (κ1) is 23.0. The lowest BCUT2D eigenvalue weighted by Crippen LogP contribution is -2.38. The number of carbonyl (C=O) groups excluding carboxylic acids is 1. The predicted molar refractivity (Wildman–Crippen MR) is 126 cm³/mol. The number of nitrogens with zero attached hydrogens (tertiary/aromatic N) is 5. The van der Waals surface area contributed by atoms with Crippen LogP contribution in [0.3, 0.4) is 0 Å². The molecule has 1 aromatic carbocycles. The minimum atomic E-state index is -0.900. The molecule has 0 spiro atoms. The highest BCUT2D eigenvalue weighted by Crippen LogP contribution is 2.43. The second kappa shape index (κ2) is 8.76. The number of anilines is 3. The molecule has 2 saturated carbocycles. The van der Waals surface area contributed by atoms with Gasteiger partial charge < -0.3 is 16.4 Å². The normalized spacial score (nSPS) is 22.4. The summed E-state index contributed by atoms with van der Waals surface area (Å²) in [6, 6.07) is 3.89. The average molecular weight is 481 g/mol. The smallest absolute Gasteiger partial charge is 0.224 e. The third kappa shape index (κ3) is 4.24. The zero-order valence-electron chi connectivity index (χ0n) is 19.3. The van der Waals surface area contributed by atoms with E-state index in [4.69, 9.17) is 16.0 Å². The molecule has 4 N–H and O–H groups in total. The monoisotopic (exact) mass is 480 g/mol. The number of hydrogen-bond acceptors (Lipinski definition) is 7. The molecular formula is C24H26F2N8O. The lowest BCUT2D eigenvalue weighted by atomic mass is 9.73. The summed E-state index contributed by atoms with van der Waals surface area (Å²) < 4.78 is 31.2. The van der Waals surface area contributed by atoms with Gasteiger partial charge in [-0.2, -0.15) is 10.2 Å². The van der Waals surface area contributed by atoms with Crippen LogP contribution >= 0.6 is 0 Å². The van der Waals surface area contributed by atoms with Gasteiger partial charge in [0.05, 0.1) is 17.8 Å². The zero-order valence-corrected chi connectivity index (χ0v) is 19.3. The summed E-state index contributed by atoms with van der Waals surface area (Å²) in [5, 5.41) is 15.1. The molecule has 5 rings (SSSR count). The Hall–Kier alpha value is -3.81. The fraction of sp³-hybridized carbons (Fsp3) is 0.458. The van der Waals surface area contributed by atoms with Gasteiger partial charge in [0.2, 0.25) is 17.8 Å². The van der Waals surface area contributed by atoms with Gasteiger partial charge in [-0.05, 0) is 57.1 Å². The van der Waals surface area contributed by atoms with Crippen molar-refractivity contribution in [3.8, 4) is 6.07 Å². The van der Waals surface area contributed by atoms with Crippen LogP contribution in [0.15, 0.2) is 18.3 Å². The fourth-order valence-electron chi connectivity index (χ4n) is 4.74. The Balaban J connectivity index is 1.55. The van der Waals surface area contributed by atoms with Crippen LogP contribution in [0.2, 0.25) is 0 Å². The lowest BCUT2D eigenvalue weighted by Gasteiger charge is -2.35. The van der Waals surface area contributed by atoms with E-state index >= 15 is 0 Å². The van der Waals surface area contributed by atoms with Gasteiger partial charge in [-0.25, -0.2) is 18.7 Å². The second-order valence-electron chi connectivity index (χ2n) is 9.69. The van der Waals surface area contributed by atoms with Crippen LogP contribution in [0.1, 0.15) is 63.5 Å². The van der Waals surface area contributed by atoms with E-state index in [1.165, 1.54) is 0 Å². The van der Waals surface area contributed by atoms with Gasteiger partial charge >= 0.3 is 0 Å². The molecule has 2 aliphatic carbocycles. The summed E-state index contributed by atoms with van der Waals surface area (Å²) in [7, 11) is 0. The number of fused-ring (bicyclic) bond motifs is 1. The van der Waals surface area contributed by atoms with E-state index in [1.54, 1.807) is 12.3 Å². The minimum absolute atomic E-state index is 0.116. The van der Waals surface area contributed by atoms with Crippen molar-refractivity contribution in [2.24, 2.45) is 11.1 Å². The Morgan fingerprint density at radius 2 is 1.89 bits per heavy atom. The first-order valence-corrected chi connectivity index (χ1v) is 11.7. The van der Waals surface area contributed by atoms with E-state index < -0.39 is 22.7 Å². The Bertz CT molecular complexity index is 1310. The van der Waals surface area contributed by atoms with E-state index in [2.05, 4.69) is 20.6 Å². The van der Waals surface area contributed by atoms with E-state index in [9.17, 15) is 13.6 Å². The van der Waals surface area contributed by atoms with Crippen LogP contribution in [0.4, 0.5) is 26.4 Å². The van der Waals surface area contributed by atoms with Crippen LogP contribution in [-0.4, -0.2) is 31.5 Å². The van der Waals surface area contributed by atoms with Crippen molar-refractivity contribution in [1.82, 2.24) is 19.5 Å². The molecule has 0 radical (unpaired) electrons. The number of primary amides is 1. The lowest BCUT2D eigenvalue weighted by molar-refractivity contribution is -0.128.